The Morgan fingerprint density at radius 1 is 1.26 bits per heavy atom. The largest absolute Gasteiger partial charge is 0.360 e. The normalized spacial score (nSPS) is 17.7. The summed E-state index contributed by atoms with van der Waals surface area (Å²) in [5.74, 6) is 1.37. The van der Waals surface area contributed by atoms with Crippen LogP contribution in [-0.2, 0) is 9.59 Å². The molecule has 0 radical (unpaired) electrons. The number of amides is 2. The molecule has 0 aliphatic carbocycles. The zero-order valence-corrected chi connectivity index (χ0v) is 16.4. The van der Waals surface area contributed by atoms with E-state index in [2.05, 4.69) is 34.6 Å². The van der Waals surface area contributed by atoms with Crippen LogP contribution in [0.3, 0.4) is 0 Å². The van der Waals surface area contributed by atoms with Gasteiger partial charge < -0.3 is 19.6 Å². The topological polar surface area (TPSA) is 78.7 Å². The number of aromatic nitrogens is 1. The Kier molecular flexibility index (Phi) is 6.52. The van der Waals surface area contributed by atoms with Gasteiger partial charge in [0.15, 0.2) is 5.82 Å². The molecule has 0 bridgehead atoms. The fourth-order valence-corrected chi connectivity index (χ4v) is 3.80. The molecule has 0 saturated carbocycles. The lowest BCUT2D eigenvalue weighted by molar-refractivity contribution is -0.133. The Labute approximate surface area is 163 Å². The third-order valence-electron chi connectivity index (χ3n) is 4.44. The molecule has 3 rings (SSSR count). The number of likely N-dealkylation sites (N-methyl/N-ethyl adjacent to an activating group) is 1. The molecule has 1 fully saturated rings. The molecule has 8 heteroatoms. The van der Waals surface area contributed by atoms with Gasteiger partial charge in [0.1, 0.15) is 5.76 Å². The van der Waals surface area contributed by atoms with E-state index in [1.54, 1.807) is 13.0 Å². The molecule has 1 aliphatic rings. The van der Waals surface area contributed by atoms with Gasteiger partial charge in [-0.1, -0.05) is 35.5 Å². The Balaban J connectivity index is 1.52. The lowest BCUT2D eigenvalue weighted by Gasteiger charge is -2.40. The smallest absolute Gasteiger partial charge is 0.235 e. The Morgan fingerprint density at radius 3 is 2.74 bits per heavy atom. The van der Waals surface area contributed by atoms with Gasteiger partial charge >= 0.3 is 0 Å². The highest BCUT2D eigenvalue weighted by molar-refractivity contribution is 8.00. The summed E-state index contributed by atoms with van der Waals surface area (Å²) in [5, 5.41) is 6.39. The van der Waals surface area contributed by atoms with Crippen molar-refractivity contribution in [1.29, 1.82) is 0 Å². The van der Waals surface area contributed by atoms with E-state index in [0.29, 0.717) is 18.1 Å². The summed E-state index contributed by atoms with van der Waals surface area (Å²) < 4.78 is 4.91. The number of anilines is 1. The number of rotatable bonds is 6. The van der Waals surface area contributed by atoms with Gasteiger partial charge in [0.25, 0.3) is 0 Å². The molecule has 1 saturated heterocycles. The van der Waals surface area contributed by atoms with Crippen LogP contribution in [0.5, 0.6) is 0 Å². The number of thioether (sulfide) groups is 1. The van der Waals surface area contributed by atoms with Crippen molar-refractivity contribution < 1.29 is 14.1 Å². The van der Waals surface area contributed by atoms with Crippen LogP contribution in [0.1, 0.15) is 17.4 Å². The van der Waals surface area contributed by atoms with Crippen LogP contribution in [0.4, 0.5) is 5.82 Å². The molecule has 144 valence electrons. The maximum Gasteiger partial charge on any atom is 0.235 e. The minimum Gasteiger partial charge on any atom is -0.360 e. The van der Waals surface area contributed by atoms with Crippen molar-refractivity contribution in [1.82, 2.24) is 15.0 Å². The minimum absolute atomic E-state index is 0.0463. The number of hydrogen-bond acceptors (Lipinski definition) is 6. The molecule has 1 unspecified atom stereocenters. The van der Waals surface area contributed by atoms with E-state index in [9.17, 15) is 9.59 Å². The number of carbonyl (C=O) groups excluding carboxylic acids is 2. The van der Waals surface area contributed by atoms with Gasteiger partial charge in [0.05, 0.1) is 17.5 Å². The summed E-state index contributed by atoms with van der Waals surface area (Å²) in [4.78, 5) is 28.9. The fourth-order valence-electron chi connectivity index (χ4n) is 3.10. The van der Waals surface area contributed by atoms with Gasteiger partial charge in [0, 0.05) is 25.7 Å². The first-order valence-corrected chi connectivity index (χ1v) is 10.0. The van der Waals surface area contributed by atoms with E-state index in [4.69, 9.17) is 4.52 Å². The second-order valence-electron chi connectivity index (χ2n) is 6.64. The molecular weight excluding hydrogens is 364 g/mol. The number of piperazine rings is 1. The molecule has 7 nitrogen and oxygen atoms in total. The molecule has 2 aromatic rings. The maximum atomic E-state index is 12.8. The highest BCUT2D eigenvalue weighted by Gasteiger charge is 2.29. The molecule has 1 aromatic heterocycles. The number of hydrogen-bond donors (Lipinski definition) is 1. The van der Waals surface area contributed by atoms with Crippen molar-refractivity contribution in [2.75, 3.05) is 43.5 Å². The summed E-state index contributed by atoms with van der Waals surface area (Å²) in [6.07, 6.45) is 0. The average molecular weight is 388 g/mol. The van der Waals surface area contributed by atoms with E-state index < -0.39 is 0 Å². The second-order valence-corrected chi connectivity index (χ2v) is 7.63. The van der Waals surface area contributed by atoms with Gasteiger partial charge in [-0.05, 0) is 19.5 Å². The lowest BCUT2D eigenvalue weighted by Crippen LogP contribution is -2.49. The van der Waals surface area contributed by atoms with Crippen molar-refractivity contribution >= 4 is 29.4 Å². The SMILES string of the molecule is Cc1cc(NC(=O)CSCC(=O)N2CCN(C)CC2c2ccccc2)no1. The minimum atomic E-state index is -0.195. The fraction of sp³-hybridized carbons (Fsp3) is 0.421. The van der Waals surface area contributed by atoms with Crippen molar-refractivity contribution in [3.8, 4) is 0 Å². The zero-order valence-electron chi connectivity index (χ0n) is 15.6. The standard InChI is InChI=1S/C19H24N4O3S/c1-14-10-17(21-26-14)20-18(24)12-27-13-19(25)23-9-8-22(2)11-16(23)15-6-4-3-5-7-15/h3-7,10,16H,8-9,11-13H2,1-2H3,(H,20,21,24). The van der Waals surface area contributed by atoms with E-state index >= 15 is 0 Å². The van der Waals surface area contributed by atoms with Gasteiger partial charge in [-0.3, -0.25) is 9.59 Å². The maximum absolute atomic E-state index is 12.8. The van der Waals surface area contributed by atoms with Crippen LogP contribution >= 0.6 is 11.8 Å². The van der Waals surface area contributed by atoms with Crippen LogP contribution in [0, 0.1) is 6.92 Å². The van der Waals surface area contributed by atoms with E-state index in [1.807, 2.05) is 23.1 Å². The Bertz CT molecular complexity index is 780. The highest BCUT2D eigenvalue weighted by Crippen LogP contribution is 2.25. The number of aryl methyl sites for hydroxylation is 1. The summed E-state index contributed by atoms with van der Waals surface area (Å²) >= 11 is 1.31. The molecule has 1 atom stereocenters. The molecular formula is C19H24N4O3S. The zero-order chi connectivity index (χ0) is 19.2. The summed E-state index contributed by atoms with van der Waals surface area (Å²) in [5.41, 5.74) is 1.14. The predicted octanol–water partition coefficient (Wildman–Crippen LogP) is 2.17. The van der Waals surface area contributed by atoms with Crippen molar-refractivity contribution in [3.05, 3.63) is 47.7 Å². The molecule has 27 heavy (non-hydrogen) atoms. The number of nitrogens with zero attached hydrogens (tertiary/aromatic N) is 3. The first-order valence-electron chi connectivity index (χ1n) is 8.87. The van der Waals surface area contributed by atoms with Crippen LogP contribution < -0.4 is 5.32 Å². The number of benzene rings is 1. The number of nitrogens with one attached hydrogen (secondary N) is 1. The van der Waals surface area contributed by atoms with Gasteiger partial charge in [0.2, 0.25) is 11.8 Å². The highest BCUT2D eigenvalue weighted by atomic mass is 32.2. The van der Waals surface area contributed by atoms with Crippen LogP contribution in [0.2, 0.25) is 0 Å². The van der Waals surface area contributed by atoms with E-state index in [1.165, 1.54) is 11.8 Å². The van der Waals surface area contributed by atoms with E-state index in [-0.39, 0.29) is 29.4 Å². The third-order valence-corrected chi connectivity index (χ3v) is 5.36. The molecule has 2 amide bonds. The lowest BCUT2D eigenvalue weighted by atomic mass is 10.0. The predicted molar refractivity (Wildman–Crippen MR) is 106 cm³/mol. The molecule has 0 spiro atoms. The summed E-state index contributed by atoms with van der Waals surface area (Å²) in [6, 6.07) is 11.8. The monoisotopic (exact) mass is 388 g/mol. The first-order chi connectivity index (χ1) is 13.0. The van der Waals surface area contributed by atoms with Gasteiger partial charge in [-0.15, -0.1) is 11.8 Å². The van der Waals surface area contributed by atoms with E-state index in [0.717, 1.165) is 18.7 Å². The van der Waals surface area contributed by atoms with Crippen LogP contribution in [0.15, 0.2) is 40.9 Å². The van der Waals surface area contributed by atoms with Crippen molar-refractivity contribution in [2.45, 2.75) is 13.0 Å². The number of carbonyl (C=O) groups is 2. The second kappa shape index (κ2) is 9.05. The van der Waals surface area contributed by atoms with Crippen molar-refractivity contribution in [2.24, 2.45) is 0 Å². The summed E-state index contributed by atoms with van der Waals surface area (Å²) in [6.45, 7) is 4.12. The van der Waals surface area contributed by atoms with Crippen LogP contribution in [-0.4, -0.2) is 65.0 Å². The quantitative estimate of drug-likeness (QED) is 0.817. The Hall–Kier alpha value is -2.32. The van der Waals surface area contributed by atoms with Crippen molar-refractivity contribution in [3.63, 3.8) is 0 Å². The molecule has 1 aliphatic heterocycles. The molecule has 1 aromatic carbocycles. The van der Waals surface area contributed by atoms with Gasteiger partial charge in [-0.2, -0.15) is 0 Å². The third kappa shape index (κ3) is 5.33. The molecule has 2 heterocycles. The summed E-state index contributed by atoms with van der Waals surface area (Å²) in [7, 11) is 2.07. The average Bonchev–Trinajstić information content (AvgIpc) is 3.06. The molecule has 1 N–H and O–H groups in total. The first kappa shape index (κ1) is 19.4. The Morgan fingerprint density at radius 2 is 2.04 bits per heavy atom. The van der Waals surface area contributed by atoms with Gasteiger partial charge in [-0.25, -0.2) is 0 Å². The van der Waals surface area contributed by atoms with Crippen LogP contribution in [0.25, 0.3) is 0 Å².